The van der Waals surface area contributed by atoms with Crippen molar-refractivity contribution in [3.05, 3.63) is 59.4 Å². The van der Waals surface area contributed by atoms with Crippen molar-refractivity contribution in [3.8, 4) is 11.6 Å². The second-order valence-corrected chi connectivity index (χ2v) is 6.78. The molecule has 0 saturated carbocycles. The van der Waals surface area contributed by atoms with Crippen LogP contribution in [0.2, 0.25) is 0 Å². The molecule has 0 aliphatic carbocycles. The fourth-order valence-electron chi connectivity index (χ4n) is 3.05. The molecule has 27 heavy (non-hydrogen) atoms. The first kappa shape index (κ1) is 19.2. The first-order valence-corrected chi connectivity index (χ1v) is 9.81. The predicted octanol–water partition coefficient (Wildman–Crippen LogP) is 5.65. The molecule has 3 rings (SSSR count). The van der Waals surface area contributed by atoms with Crippen LogP contribution in [0.25, 0.3) is 10.9 Å². The predicted molar refractivity (Wildman–Crippen MR) is 109 cm³/mol. The third-order valence-corrected chi connectivity index (χ3v) is 4.61. The summed E-state index contributed by atoms with van der Waals surface area (Å²) >= 11 is 0. The van der Waals surface area contributed by atoms with Crippen LogP contribution in [-0.2, 0) is 13.0 Å². The van der Waals surface area contributed by atoms with Gasteiger partial charge in [-0.05, 0) is 37.5 Å². The van der Waals surface area contributed by atoms with E-state index < -0.39 is 0 Å². The summed E-state index contributed by atoms with van der Waals surface area (Å²) in [6.07, 6.45) is 6.19. The van der Waals surface area contributed by atoms with Crippen molar-refractivity contribution in [1.82, 2.24) is 9.97 Å². The molecule has 0 amide bonds. The van der Waals surface area contributed by atoms with Crippen molar-refractivity contribution in [3.63, 3.8) is 0 Å². The standard InChI is InChI=1S/C23H28N2O2/c1-4-6-14-26-23-17(3)21(25-20-11-8-7-10-19(20)23)16-27-22-13-12-18(9-5-2)15-24-22/h7-8,10-13,15H,4-6,9,14,16H2,1-3H3. The first-order valence-electron chi connectivity index (χ1n) is 9.81. The van der Waals surface area contributed by atoms with Crippen LogP contribution in [-0.4, -0.2) is 16.6 Å². The molecule has 0 aliphatic rings. The molecule has 2 heterocycles. The van der Waals surface area contributed by atoms with Crippen molar-refractivity contribution in [2.24, 2.45) is 0 Å². The molecule has 0 aliphatic heterocycles. The Morgan fingerprint density at radius 1 is 0.963 bits per heavy atom. The van der Waals surface area contributed by atoms with E-state index in [-0.39, 0.29) is 0 Å². The Morgan fingerprint density at radius 3 is 2.56 bits per heavy atom. The summed E-state index contributed by atoms with van der Waals surface area (Å²) in [5.41, 5.74) is 4.09. The lowest BCUT2D eigenvalue weighted by Gasteiger charge is -2.15. The minimum Gasteiger partial charge on any atom is -0.493 e. The van der Waals surface area contributed by atoms with Crippen LogP contribution in [0.5, 0.6) is 11.6 Å². The summed E-state index contributed by atoms with van der Waals surface area (Å²) in [4.78, 5) is 9.20. The smallest absolute Gasteiger partial charge is 0.213 e. The highest BCUT2D eigenvalue weighted by atomic mass is 16.5. The van der Waals surface area contributed by atoms with Crippen molar-refractivity contribution in [2.75, 3.05) is 6.61 Å². The van der Waals surface area contributed by atoms with Gasteiger partial charge >= 0.3 is 0 Å². The molecule has 0 unspecified atom stereocenters. The van der Waals surface area contributed by atoms with E-state index in [4.69, 9.17) is 14.5 Å². The van der Waals surface area contributed by atoms with Crippen molar-refractivity contribution >= 4 is 10.9 Å². The number of aryl methyl sites for hydroxylation is 1. The van der Waals surface area contributed by atoms with E-state index in [2.05, 4.69) is 37.9 Å². The number of fused-ring (bicyclic) bond motifs is 1. The monoisotopic (exact) mass is 364 g/mol. The Kier molecular flexibility index (Phi) is 6.64. The summed E-state index contributed by atoms with van der Waals surface area (Å²) in [5.74, 6) is 1.54. The van der Waals surface area contributed by atoms with Gasteiger partial charge in [0, 0.05) is 23.2 Å². The number of hydrogen-bond donors (Lipinski definition) is 0. The number of pyridine rings is 2. The van der Waals surface area contributed by atoms with Crippen molar-refractivity contribution in [1.29, 1.82) is 0 Å². The van der Waals surface area contributed by atoms with E-state index in [1.807, 2.05) is 30.5 Å². The second-order valence-electron chi connectivity index (χ2n) is 6.78. The van der Waals surface area contributed by atoms with E-state index in [9.17, 15) is 0 Å². The second kappa shape index (κ2) is 9.36. The number of rotatable bonds is 9. The summed E-state index contributed by atoms with van der Waals surface area (Å²) < 4.78 is 12.0. The molecule has 0 fully saturated rings. The van der Waals surface area contributed by atoms with Crippen LogP contribution >= 0.6 is 0 Å². The third kappa shape index (κ3) is 4.76. The minimum absolute atomic E-state index is 0.376. The lowest BCUT2D eigenvalue weighted by molar-refractivity contribution is 0.284. The van der Waals surface area contributed by atoms with E-state index in [1.165, 1.54) is 5.56 Å². The Bertz CT molecular complexity index is 875. The number of benzene rings is 1. The Labute approximate surface area is 161 Å². The molecule has 0 bridgehead atoms. The van der Waals surface area contributed by atoms with Gasteiger partial charge in [0.1, 0.15) is 12.4 Å². The van der Waals surface area contributed by atoms with Crippen molar-refractivity contribution < 1.29 is 9.47 Å². The van der Waals surface area contributed by atoms with Crippen molar-refractivity contribution in [2.45, 2.75) is 53.1 Å². The van der Waals surface area contributed by atoms with Crippen LogP contribution in [0, 0.1) is 6.92 Å². The summed E-state index contributed by atoms with van der Waals surface area (Å²) in [6.45, 7) is 7.47. The topological polar surface area (TPSA) is 44.2 Å². The van der Waals surface area contributed by atoms with E-state index in [1.54, 1.807) is 0 Å². The number of para-hydroxylation sites is 1. The lowest BCUT2D eigenvalue weighted by Crippen LogP contribution is -2.06. The van der Waals surface area contributed by atoms with Gasteiger partial charge in [-0.2, -0.15) is 0 Å². The van der Waals surface area contributed by atoms with Crippen LogP contribution in [0.4, 0.5) is 0 Å². The van der Waals surface area contributed by atoms with Gasteiger partial charge in [-0.1, -0.05) is 44.9 Å². The zero-order valence-electron chi connectivity index (χ0n) is 16.5. The first-order chi connectivity index (χ1) is 13.2. The molecular formula is C23H28N2O2. The van der Waals surface area contributed by atoms with Gasteiger partial charge in [0.05, 0.1) is 17.8 Å². The molecule has 0 saturated heterocycles. The highest BCUT2D eigenvalue weighted by Gasteiger charge is 2.13. The van der Waals surface area contributed by atoms with Gasteiger partial charge in [-0.3, -0.25) is 0 Å². The van der Waals surface area contributed by atoms with Crippen LogP contribution in [0.3, 0.4) is 0 Å². The fraction of sp³-hybridized carbons (Fsp3) is 0.391. The van der Waals surface area contributed by atoms with E-state index >= 15 is 0 Å². The molecule has 2 aromatic heterocycles. The Balaban J connectivity index is 1.81. The molecular weight excluding hydrogens is 336 g/mol. The molecule has 1 aromatic carbocycles. The minimum atomic E-state index is 0.376. The molecule has 142 valence electrons. The van der Waals surface area contributed by atoms with Gasteiger partial charge in [0.15, 0.2) is 0 Å². The van der Waals surface area contributed by atoms with Gasteiger partial charge < -0.3 is 9.47 Å². The molecule has 4 heteroatoms. The van der Waals surface area contributed by atoms with Gasteiger partial charge in [-0.15, -0.1) is 0 Å². The van der Waals surface area contributed by atoms with Crippen LogP contribution in [0.1, 0.15) is 49.9 Å². The molecule has 0 atom stereocenters. The van der Waals surface area contributed by atoms with E-state index in [0.717, 1.165) is 53.6 Å². The molecule has 0 spiro atoms. The largest absolute Gasteiger partial charge is 0.493 e. The number of nitrogens with zero attached hydrogens (tertiary/aromatic N) is 2. The maximum atomic E-state index is 6.11. The number of unbranched alkanes of at least 4 members (excludes halogenated alkanes) is 1. The normalized spacial score (nSPS) is 10.9. The van der Waals surface area contributed by atoms with E-state index in [0.29, 0.717) is 19.1 Å². The summed E-state index contributed by atoms with van der Waals surface area (Å²) in [5, 5.41) is 1.05. The third-order valence-electron chi connectivity index (χ3n) is 4.61. The molecule has 0 radical (unpaired) electrons. The zero-order valence-corrected chi connectivity index (χ0v) is 16.5. The maximum Gasteiger partial charge on any atom is 0.213 e. The number of aromatic nitrogens is 2. The highest BCUT2D eigenvalue weighted by Crippen LogP contribution is 2.31. The number of hydrogen-bond acceptors (Lipinski definition) is 4. The van der Waals surface area contributed by atoms with Gasteiger partial charge in [-0.25, -0.2) is 9.97 Å². The Morgan fingerprint density at radius 2 is 1.81 bits per heavy atom. The average Bonchev–Trinajstić information content (AvgIpc) is 2.70. The van der Waals surface area contributed by atoms with Gasteiger partial charge in [0.2, 0.25) is 5.88 Å². The lowest BCUT2D eigenvalue weighted by atomic mass is 10.1. The number of ether oxygens (including phenoxy) is 2. The molecule has 4 nitrogen and oxygen atoms in total. The zero-order chi connectivity index (χ0) is 19.1. The molecule has 0 N–H and O–H groups in total. The van der Waals surface area contributed by atoms with Gasteiger partial charge in [0.25, 0.3) is 0 Å². The molecule has 3 aromatic rings. The maximum absolute atomic E-state index is 6.11. The highest BCUT2D eigenvalue weighted by molar-refractivity contribution is 5.86. The SMILES string of the molecule is CCCCOc1c(C)c(COc2ccc(CCC)cn2)nc2ccccc12. The average molecular weight is 364 g/mol. The van der Waals surface area contributed by atoms with Crippen LogP contribution in [0.15, 0.2) is 42.6 Å². The fourth-order valence-corrected chi connectivity index (χ4v) is 3.05. The summed E-state index contributed by atoms with van der Waals surface area (Å²) in [6, 6.07) is 12.1. The Hall–Kier alpha value is -2.62. The quantitative estimate of drug-likeness (QED) is 0.460. The van der Waals surface area contributed by atoms with Crippen LogP contribution < -0.4 is 9.47 Å². The summed E-state index contributed by atoms with van der Waals surface area (Å²) in [7, 11) is 0.